The van der Waals surface area contributed by atoms with Crippen LogP contribution in [-0.2, 0) is 11.3 Å². The molecule has 0 atom stereocenters. The van der Waals surface area contributed by atoms with Gasteiger partial charge in [0, 0.05) is 10.6 Å². The number of aromatic nitrogens is 2. The van der Waals surface area contributed by atoms with Crippen LogP contribution in [0.25, 0.3) is 17.3 Å². The molecule has 0 fully saturated rings. The fraction of sp³-hybridized carbons (Fsp3) is 0.100. The molecule has 130 valence electrons. The van der Waals surface area contributed by atoms with E-state index < -0.39 is 0 Å². The summed E-state index contributed by atoms with van der Waals surface area (Å²) in [5.74, 6) is 1.31. The zero-order chi connectivity index (χ0) is 17.9. The van der Waals surface area contributed by atoms with Crippen LogP contribution in [0.3, 0.4) is 0 Å². The number of amides is 1. The molecule has 1 aliphatic rings. The van der Waals surface area contributed by atoms with Crippen LogP contribution in [0, 0.1) is 0 Å². The maximum Gasteiger partial charge on any atom is 0.251 e. The molecular weight excluding hydrogens is 350 g/mol. The van der Waals surface area contributed by atoms with E-state index in [1.807, 2.05) is 54.6 Å². The van der Waals surface area contributed by atoms with Gasteiger partial charge in [0.05, 0.1) is 24.0 Å². The van der Waals surface area contributed by atoms with Gasteiger partial charge in [-0.2, -0.15) is 0 Å². The van der Waals surface area contributed by atoms with Gasteiger partial charge in [0.1, 0.15) is 18.2 Å². The van der Waals surface area contributed by atoms with Crippen molar-refractivity contribution in [1.29, 1.82) is 0 Å². The van der Waals surface area contributed by atoms with E-state index >= 15 is 0 Å². The molecule has 2 heterocycles. The second-order valence-electron chi connectivity index (χ2n) is 5.93. The maximum absolute atomic E-state index is 12.4. The van der Waals surface area contributed by atoms with Crippen LogP contribution in [0.5, 0.6) is 5.75 Å². The number of H-pyrrole nitrogens is 1. The van der Waals surface area contributed by atoms with Crippen LogP contribution in [-0.4, -0.2) is 22.5 Å². The highest BCUT2D eigenvalue weighted by Gasteiger charge is 2.17. The molecule has 26 heavy (non-hydrogen) atoms. The molecule has 0 aliphatic carbocycles. The van der Waals surface area contributed by atoms with E-state index in [-0.39, 0.29) is 12.5 Å². The molecule has 0 saturated heterocycles. The van der Waals surface area contributed by atoms with E-state index in [0.29, 0.717) is 23.0 Å². The van der Waals surface area contributed by atoms with Crippen LogP contribution in [0.1, 0.15) is 11.4 Å². The molecule has 6 heteroatoms. The SMILES string of the molecule is O=C(NCc1ncc(-c2ccc(Cl)cc2)[nH]1)C1=Cc2ccccc2OC1. The van der Waals surface area contributed by atoms with Gasteiger partial charge in [-0.15, -0.1) is 0 Å². The van der Waals surface area contributed by atoms with Crippen LogP contribution >= 0.6 is 11.6 Å². The Morgan fingerprint density at radius 1 is 1.19 bits per heavy atom. The third-order valence-electron chi connectivity index (χ3n) is 4.12. The van der Waals surface area contributed by atoms with Gasteiger partial charge >= 0.3 is 0 Å². The molecule has 4 rings (SSSR count). The van der Waals surface area contributed by atoms with Crippen molar-refractivity contribution < 1.29 is 9.53 Å². The average molecular weight is 366 g/mol. The van der Waals surface area contributed by atoms with E-state index in [9.17, 15) is 4.79 Å². The van der Waals surface area contributed by atoms with Crippen LogP contribution in [0.2, 0.25) is 5.02 Å². The van der Waals surface area contributed by atoms with Gasteiger partial charge in [-0.3, -0.25) is 4.79 Å². The van der Waals surface area contributed by atoms with Crippen molar-refractivity contribution in [2.24, 2.45) is 0 Å². The monoisotopic (exact) mass is 365 g/mol. The Balaban J connectivity index is 1.41. The highest BCUT2D eigenvalue weighted by Crippen LogP contribution is 2.25. The molecule has 5 nitrogen and oxygen atoms in total. The molecule has 1 aliphatic heterocycles. The molecular formula is C20H16ClN3O2. The zero-order valence-electron chi connectivity index (χ0n) is 13.8. The summed E-state index contributed by atoms with van der Waals surface area (Å²) in [7, 11) is 0. The van der Waals surface area contributed by atoms with E-state index in [1.165, 1.54) is 0 Å². The van der Waals surface area contributed by atoms with Crippen molar-refractivity contribution in [2.45, 2.75) is 6.54 Å². The number of ether oxygens (including phenoxy) is 1. The lowest BCUT2D eigenvalue weighted by Gasteiger charge is -2.17. The fourth-order valence-electron chi connectivity index (χ4n) is 2.75. The molecule has 0 bridgehead atoms. The number of carbonyl (C=O) groups excluding carboxylic acids is 1. The first-order valence-corrected chi connectivity index (χ1v) is 8.57. The summed E-state index contributed by atoms with van der Waals surface area (Å²) >= 11 is 5.91. The third kappa shape index (κ3) is 3.48. The van der Waals surface area contributed by atoms with Crippen molar-refractivity contribution in [3.63, 3.8) is 0 Å². The largest absolute Gasteiger partial charge is 0.488 e. The minimum absolute atomic E-state index is 0.163. The van der Waals surface area contributed by atoms with Gasteiger partial charge in [-0.25, -0.2) is 4.98 Å². The molecule has 2 N–H and O–H groups in total. The molecule has 0 unspecified atom stereocenters. The Hall–Kier alpha value is -3.05. The summed E-state index contributed by atoms with van der Waals surface area (Å²) in [5, 5.41) is 3.56. The molecule has 1 amide bonds. The van der Waals surface area contributed by atoms with Gasteiger partial charge in [0.2, 0.25) is 0 Å². The number of hydrogen-bond donors (Lipinski definition) is 2. The topological polar surface area (TPSA) is 67.0 Å². The van der Waals surface area contributed by atoms with Crippen molar-refractivity contribution in [3.05, 3.63) is 76.7 Å². The summed E-state index contributed by atoms with van der Waals surface area (Å²) in [5.41, 5.74) is 3.36. The number of para-hydroxylation sites is 1. The van der Waals surface area contributed by atoms with Gasteiger partial charge in [-0.1, -0.05) is 41.9 Å². The quantitative estimate of drug-likeness (QED) is 0.738. The van der Waals surface area contributed by atoms with Crippen LogP contribution in [0.4, 0.5) is 0 Å². The van der Waals surface area contributed by atoms with Crippen molar-refractivity contribution in [1.82, 2.24) is 15.3 Å². The van der Waals surface area contributed by atoms with E-state index in [0.717, 1.165) is 22.6 Å². The van der Waals surface area contributed by atoms with E-state index in [4.69, 9.17) is 16.3 Å². The Morgan fingerprint density at radius 3 is 2.85 bits per heavy atom. The number of nitrogens with one attached hydrogen (secondary N) is 2. The number of carbonyl (C=O) groups is 1. The number of nitrogens with zero attached hydrogens (tertiary/aromatic N) is 1. The molecule has 3 aromatic rings. The number of rotatable bonds is 4. The van der Waals surface area contributed by atoms with Crippen LogP contribution in [0.15, 0.2) is 60.3 Å². The Bertz CT molecular complexity index is 977. The summed E-state index contributed by atoms with van der Waals surface area (Å²) < 4.78 is 5.62. The molecule has 0 radical (unpaired) electrons. The first kappa shape index (κ1) is 16.4. The summed E-state index contributed by atoms with van der Waals surface area (Å²) in [6.07, 6.45) is 3.60. The Morgan fingerprint density at radius 2 is 2.00 bits per heavy atom. The minimum atomic E-state index is -0.163. The first-order valence-electron chi connectivity index (χ1n) is 8.19. The zero-order valence-corrected chi connectivity index (χ0v) is 14.6. The summed E-state index contributed by atoms with van der Waals surface area (Å²) in [6, 6.07) is 15.1. The van der Waals surface area contributed by atoms with Crippen molar-refractivity contribution in [3.8, 4) is 17.0 Å². The number of benzene rings is 2. The molecule has 2 aromatic carbocycles. The van der Waals surface area contributed by atoms with Crippen molar-refractivity contribution in [2.75, 3.05) is 6.61 Å². The lowest BCUT2D eigenvalue weighted by Crippen LogP contribution is -2.28. The number of hydrogen-bond acceptors (Lipinski definition) is 3. The second kappa shape index (κ2) is 7.06. The highest BCUT2D eigenvalue weighted by molar-refractivity contribution is 6.30. The Kier molecular flexibility index (Phi) is 4.46. The van der Waals surface area contributed by atoms with Crippen molar-refractivity contribution >= 4 is 23.6 Å². The maximum atomic E-state index is 12.4. The number of fused-ring (bicyclic) bond motifs is 1. The number of imidazole rings is 1. The standard InChI is InChI=1S/C20H16ClN3O2/c21-16-7-5-13(6-8-16)17-10-22-19(24-17)11-23-20(25)15-9-14-3-1-2-4-18(14)26-12-15/h1-10H,11-12H2,(H,22,24)(H,23,25). The molecule has 1 aromatic heterocycles. The lowest BCUT2D eigenvalue weighted by molar-refractivity contribution is -0.118. The van der Waals surface area contributed by atoms with Gasteiger partial charge in [-0.05, 0) is 29.8 Å². The first-order chi connectivity index (χ1) is 12.7. The highest BCUT2D eigenvalue weighted by atomic mass is 35.5. The molecule has 0 saturated carbocycles. The Labute approximate surface area is 155 Å². The summed E-state index contributed by atoms with van der Waals surface area (Å²) in [4.78, 5) is 19.9. The third-order valence-corrected chi connectivity index (χ3v) is 4.38. The second-order valence-corrected chi connectivity index (χ2v) is 6.37. The van der Waals surface area contributed by atoms with E-state index in [2.05, 4.69) is 15.3 Å². The number of aromatic amines is 1. The number of halogens is 1. The summed E-state index contributed by atoms with van der Waals surface area (Å²) in [6.45, 7) is 0.572. The normalized spacial score (nSPS) is 12.7. The van der Waals surface area contributed by atoms with Gasteiger partial charge in [0.25, 0.3) is 5.91 Å². The predicted molar refractivity (Wildman–Crippen MR) is 101 cm³/mol. The predicted octanol–water partition coefficient (Wildman–Crippen LogP) is 3.82. The molecule has 0 spiro atoms. The van der Waals surface area contributed by atoms with Gasteiger partial charge < -0.3 is 15.0 Å². The minimum Gasteiger partial charge on any atom is -0.488 e. The van der Waals surface area contributed by atoms with E-state index in [1.54, 1.807) is 6.20 Å². The van der Waals surface area contributed by atoms with Gasteiger partial charge in [0.15, 0.2) is 0 Å². The fourth-order valence-corrected chi connectivity index (χ4v) is 2.88. The lowest BCUT2D eigenvalue weighted by atomic mass is 10.1. The average Bonchev–Trinajstić information content (AvgIpc) is 3.15. The van der Waals surface area contributed by atoms with Crippen LogP contribution < -0.4 is 10.1 Å². The smallest absolute Gasteiger partial charge is 0.251 e.